The number of carbonyl (C=O) groups is 1. The molecule has 2 aliphatic heterocycles. The summed E-state index contributed by atoms with van der Waals surface area (Å²) in [4.78, 5) is 14.4. The lowest BCUT2D eigenvalue weighted by Crippen LogP contribution is -2.48. The molecule has 3 atom stereocenters. The molecule has 1 aromatic carbocycles. The van der Waals surface area contributed by atoms with Crippen LogP contribution in [0, 0.1) is 0 Å². The van der Waals surface area contributed by atoms with Gasteiger partial charge in [0.1, 0.15) is 6.04 Å². The van der Waals surface area contributed by atoms with Gasteiger partial charge in [-0.1, -0.05) is 6.07 Å². The number of nitrogens with one attached hydrogen (secondary N) is 2. The van der Waals surface area contributed by atoms with Crippen LogP contribution in [0.1, 0.15) is 30.9 Å². The summed E-state index contributed by atoms with van der Waals surface area (Å²) < 4.78 is 5.88. The molecule has 4 rings (SSSR count). The lowest BCUT2D eigenvalue weighted by Gasteiger charge is -2.39. The van der Waals surface area contributed by atoms with Crippen LogP contribution in [0.5, 0.6) is 0 Å². The average Bonchev–Trinajstić information content (AvgIpc) is 3.08. The Hall–Kier alpha value is -1.59. The lowest BCUT2D eigenvalue weighted by molar-refractivity contribution is -0.117. The van der Waals surface area contributed by atoms with Gasteiger partial charge in [-0.3, -0.25) is 4.79 Å². The highest BCUT2D eigenvalue weighted by molar-refractivity contribution is 6.03. The van der Waals surface area contributed by atoms with E-state index in [9.17, 15) is 4.79 Å². The van der Waals surface area contributed by atoms with Crippen molar-refractivity contribution < 1.29 is 9.53 Å². The Morgan fingerprint density at radius 1 is 1.38 bits per heavy atom. The van der Waals surface area contributed by atoms with Gasteiger partial charge in [0, 0.05) is 23.5 Å². The first-order valence-corrected chi connectivity index (χ1v) is 7.78. The van der Waals surface area contributed by atoms with E-state index in [1.807, 2.05) is 7.05 Å². The number of nitrogens with zero attached hydrogens (tertiary/aromatic N) is 1. The minimum absolute atomic E-state index is 0.0328. The van der Waals surface area contributed by atoms with Crippen LogP contribution in [0.3, 0.4) is 0 Å². The quantitative estimate of drug-likeness (QED) is 0.868. The first-order valence-electron chi connectivity index (χ1n) is 7.78. The fourth-order valence-corrected chi connectivity index (χ4v) is 3.96. The molecule has 1 aliphatic carbocycles. The molecule has 2 heterocycles. The standard InChI is InChI=1S/C16H21N3O2/c1-17-15-11-6-5-10(9-12(11)18-16(15)20)19-7-8-21-14-4-2-3-13(14)19/h5-6,9,13-15,17H,2-4,7-8H2,1H3,(H,18,20). The van der Waals surface area contributed by atoms with Crippen LogP contribution < -0.4 is 15.5 Å². The van der Waals surface area contributed by atoms with Crippen molar-refractivity contribution in [1.29, 1.82) is 0 Å². The second kappa shape index (κ2) is 5.00. The molecular weight excluding hydrogens is 266 g/mol. The molecule has 112 valence electrons. The molecule has 5 nitrogen and oxygen atoms in total. The summed E-state index contributed by atoms with van der Waals surface area (Å²) in [6.07, 6.45) is 4.00. The van der Waals surface area contributed by atoms with Crippen molar-refractivity contribution in [1.82, 2.24) is 5.32 Å². The van der Waals surface area contributed by atoms with E-state index in [1.165, 1.54) is 24.9 Å². The third kappa shape index (κ3) is 2.03. The maximum atomic E-state index is 11.9. The monoisotopic (exact) mass is 287 g/mol. The van der Waals surface area contributed by atoms with Crippen molar-refractivity contribution in [3.63, 3.8) is 0 Å². The molecule has 2 fully saturated rings. The summed E-state index contributed by atoms with van der Waals surface area (Å²) in [7, 11) is 1.82. The normalized spacial score (nSPS) is 31.0. The van der Waals surface area contributed by atoms with E-state index < -0.39 is 0 Å². The van der Waals surface area contributed by atoms with Gasteiger partial charge in [-0.25, -0.2) is 0 Å². The Bertz CT molecular complexity index is 575. The number of morpholine rings is 1. The summed E-state index contributed by atoms with van der Waals surface area (Å²) in [6.45, 7) is 1.73. The molecule has 0 radical (unpaired) electrons. The Balaban J connectivity index is 1.65. The van der Waals surface area contributed by atoms with Gasteiger partial charge in [-0.2, -0.15) is 0 Å². The summed E-state index contributed by atoms with van der Waals surface area (Å²) in [5.74, 6) is 0.0328. The van der Waals surface area contributed by atoms with Gasteiger partial charge in [0.25, 0.3) is 0 Å². The molecule has 0 bridgehead atoms. The summed E-state index contributed by atoms with van der Waals surface area (Å²) in [6, 6.07) is 6.60. The largest absolute Gasteiger partial charge is 0.374 e. The fraction of sp³-hybridized carbons (Fsp3) is 0.562. The smallest absolute Gasteiger partial charge is 0.246 e. The zero-order valence-electron chi connectivity index (χ0n) is 12.3. The second-order valence-corrected chi connectivity index (χ2v) is 6.08. The van der Waals surface area contributed by atoms with Crippen LogP contribution in [0.2, 0.25) is 0 Å². The number of hydrogen-bond donors (Lipinski definition) is 2. The zero-order chi connectivity index (χ0) is 14.4. The predicted octanol–water partition coefficient (Wildman–Crippen LogP) is 1.66. The molecule has 0 aromatic heterocycles. The summed E-state index contributed by atoms with van der Waals surface area (Å²) in [5.41, 5.74) is 3.19. The van der Waals surface area contributed by atoms with Crippen LogP contribution in [-0.2, 0) is 9.53 Å². The molecule has 1 saturated heterocycles. The van der Waals surface area contributed by atoms with E-state index in [0.717, 1.165) is 24.4 Å². The number of fused-ring (bicyclic) bond motifs is 2. The van der Waals surface area contributed by atoms with Crippen molar-refractivity contribution in [3.8, 4) is 0 Å². The van der Waals surface area contributed by atoms with Gasteiger partial charge < -0.3 is 20.3 Å². The van der Waals surface area contributed by atoms with E-state index in [0.29, 0.717) is 12.1 Å². The maximum Gasteiger partial charge on any atom is 0.246 e. The molecule has 2 N–H and O–H groups in total. The van der Waals surface area contributed by atoms with Crippen molar-refractivity contribution in [2.75, 3.05) is 30.4 Å². The third-order valence-electron chi connectivity index (χ3n) is 4.97. The highest BCUT2D eigenvalue weighted by Crippen LogP contribution is 2.37. The first-order chi connectivity index (χ1) is 10.3. The van der Waals surface area contributed by atoms with Crippen LogP contribution in [-0.4, -0.2) is 38.3 Å². The minimum atomic E-state index is -0.224. The highest BCUT2D eigenvalue weighted by atomic mass is 16.5. The van der Waals surface area contributed by atoms with Crippen molar-refractivity contribution in [2.24, 2.45) is 0 Å². The first kappa shape index (κ1) is 13.1. The van der Waals surface area contributed by atoms with Crippen molar-refractivity contribution in [3.05, 3.63) is 23.8 Å². The zero-order valence-corrected chi connectivity index (χ0v) is 12.3. The Morgan fingerprint density at radius 2 is 2.29 bits per heavy atom. The Morgan fingerprint density at radius 3 is 3.14 bits per heavy atom. The molecule has 21 heavy (non-hydrogen) atoms. The number of hydrogen-bond acceptors (Lipinski definition) is 4. The number of ether oxygens (including phenoxy) is 1. The van der Waals surface area contributed by atoms with Crippen LogP contribution in [0.4, 0.5) is 11.4 Å². The number of benzene rings is 1. The van der Waals surface area contributed by atoms with Gasteiger partial charge in [-0.05, 0) is 38.4 Å². The SMILES string of the molecule is CNC1C(=O)Nc2cc(N3CCOC4CCCC43)ccc21. The van der Waals surface area contributed by atoms with E-state index in [2.05, 4.69) is 33.7 Å². The minimum Gasteiger partial charge on any atom is -0.374 e. The molecule has 0 spiro atoms. The summed E-state index contributed by atoms with van der Waals surface area (Å²) >= 11 is 0. The molecule has 3 unspecified atom stereocenters. The number of likely N-dealkylation sites (N-methyl/N-ethyl adjacent to an activating group) is 1. The third-order valence-corrected chi connectivity index (χ3v) is 4.97. The Labute approximate surface area is 124 Å². The molecular formula is C16H21N3O2. The fourth-order valence-electron chi connectivity index (χ4n) is 3.96. The average molecular weight is 287 g/mol. The second-order valence-electron chi connectivity index (χ2n) is 6.08. The number of rotatable bonds is 2. The lowest BCUT2D eigenvalue weighted by atomic mass is 10.1. The molecule has 1 amide bonds. The predicted molar refractivity (Wildman–Crippen MR) is 81.6 cm³/mol. The number of anilines is 2. The van der Waals surface area contributed by atoms with Crippen molar-refractivity contribution in [2.45, 2.75) is 37.5 Å². The highest BCUT2D eigenvalue weighted by Gasteiger charge is 2.37. The molecule has 3 aliphatic rings. The molecule has 1 saturated carbocycles. The van der Waals surface area contributed by atoms with E-state index in [1.54, 1.807) is 0 Å². The van der Waals surface area contributed by atoms with Crippen LogP contribution in [0.15, 0.2) is 18.2 Å². The maximum absolute atomic E-state index is 11.9. The van der Waals surface area contributed by atoms with Gasteiger partial charge in [0.05, 0.1) is 18.8 Å². The van der Waals surface area contributed by atoms with E-state index in [4.69, 9.17) is 4.74 Å². The van der Waals surface area contributed by atoms with Crippen LogP contribution >= 0.6 is 0 Å². The number of amides is 1. The van der Waals surface area contributed by atoms with Gasteiger partial charge in [0.2, 0.25) is 5.91 Å². The molecule has 5 heteroatoms. The Kier molecular flexibility index (Phi) is 3.12. The van der Waals surface area contributed by atoms with Gasteiger partial charge in [-0.15, -0.1) is 0 Å². The topological polar surface area (TPSA) is 53.6 Å². The van der Waals surface area contributed by atoms with Gasteiger partial charge >= 0.3 is 0 Å². The number of carbonyl (C=O) groups excluding carboxylic acids is 1. The van der Waals surface area contributed by atoms with E-state index >= 15 is 0 Å². The molecule has 1 aromatic rings. The van der Waals surface area contributed by atoms with Crippen LogP contribution in [0.25, 0.3) is 0 Å². The van der Waals surface area contributed by atoms with E-state index in [-0.39, 0.29) is 11.9 Å². The summed E-state index contributed by atoms with van der Waals surface area (Å²) in [5, 5.41) is 6.04. The van der Waals surface area contributed by atoms with Gasteiger partial charge in [0.15, 0.2) is 0 Å². The van der Waals surface area contributed by atoms with Crippen molar-refractivity contribution >= 4 is 17.3 Å².